The number of benzene rings is 2. The quantitative estimate of drug-likeness (QED) is 0.344. The molecule has 0 saturated heterocycles. The van der Waals surface area contributed by atoms with Crippen LogP contribution < -0.4 is 10.1 Å². The van der Waals surface area contributed by atoms with Crippen molar-refractivity contribution in [3.63, 3.8) is 0 Å². The molecule has 0 atom stereocenters. The molecule has 3 aromatic rings. The third-order valence-corrected chi connectivity index (χ3v) is 6.48. The largest absolute Gasteiger partial charge is 0.493 e. The summed E-state index contributed by atoms with van der Waals surface area (Å²) < 4.78 is 85.5. The van der Waals surface area contributed by atoms with Crippen molar-refractivity contribution in [3.8, 4) is 17.0 Å². The van der Waals surface area contributed by atoms with Crippen molar-refractivity contribution >= 4 is 22.2 Å². The van der Waals surface area contributed by atoms with E-state index in [-0.39, 0.29) is 34.7 Å². The van der Waals surface area contributed by atoms with Gasteiger partial charge in [0.05, 0.1) is 23.4 Å². The van der Waals surface area contributed by atoms with E-state index in [9.17, 15) is 26.3 Å². The maximum absolute atomic E-state index is 13.7. The van der Waals surface area contributed by atoms with E-state index >= 15 is 0 Å². The van der Waals surface area contributed by atoms with Crippen molar-refractivity contribution in [2.24, 2.45) is 5.92 Å². The molecule has 0 amide bonds. The summed E-state index contributed by atoms with van der Waals surface area (Å²) in [5.41, 5.74) is -0.972. The summed E-state index contributed by atoms with van der Waals surface area (Å²) >= 11 is 1.08. The van der Waals surface area contributed by atoms with E-state index in [4.69, 9.17) is 4.74 Å². The predicted octanol–water partition coefficient (Wildman–Crippen LogP) is 8.55. The number of rotatable bonds is 6. The monoisotopic (exact) mass is 500 g/mol. The number of thiazole rings is 1. The van der Waals surface area contributed by atoms with E-state index in [1.54, 1.807) is 5.38 Å². The molecule has 182 valence electrons. The fraction of sp³-hybridized carbons (Fsp3) is 0.375. The maximum Gasteiger partial charge on any atom is 0.420 e. The average Bonchev–Trinajstić information content (AvgIpc) is 3.26. The van der Waals surface area contributed by atoms with Crippen LogP contribution in [0.2, 0.25) is 0 Å². The number of hydrogen-bond acceptors (Lipinski definition) is 4. The van der Waals surface area contributed by atoms with Gasteiger partial charge < -0.3 is 10.1 Å². The molecule has 0 bridgehead atoms. The molecule has 1 N–H and O–H groups in total. The highest BCUT2D eigenvalue weighted by molar-refractivity contribution is 7.14. The van der Waals surface area contributed by atoms with Crippen LogP contribution in [-0.4, -0.2) is 11.6 Å². The van der Waals surface area contributed by atoms with Crippen molar-refractivity contribution in [1.82, 2.24) is 4.98 Å². The topological polar surface area (TPSA) is 34.1 Å². The molecule has 10 heteroatoms. The van der Waals surface area contributed by atoms with E-state index in [1.807, 2.05) is 0 Å². The number of nitrogens with one attached hydrogen (secondary N) is 1. The summed E-state index contributed by atoms with van der Waals surface area (Å²) in [5.74, 6) is 0.0460. The van der Waals surface area contributed by atoms with Crippen molar-refractivity contribution in [2.45, 2.75) is 44.5 Å². The van der Waals surface area contributed by atoms with Gasteiger partial charge in [0.2, 0.25) is 0 Å². The number of hydrogen-bond donors (Lipinski definition) is 1. The van der Waals surface area contributed by atoms with Crippen molar-refractivity contribution in [1.29, 1.82) is 0 Å². The maximum atomic E-state index is 13.7. The Hall–Kier alpha value is -2.75. The Bertz CT molecular complexity index is 1120. The second-order valence-electron chi connectivity index (χ2n) is 8.27. The third kappa shape index (κ3) is 6.02. The van der Waals surface area contributed by atoms with Crippen LogP contribution in [-0.2, 0) is 12.4 Å². The Morgan fingerprint density at radius 2 is 1.71 bits per heavy atom. The lowest BCUT2D eigenvalue weighted by Gasteiger charge is -2.23. The van der Waals surface area contributed by atoms with Gasteiger partial charge in [-0.2, -0.15) is 26.3 Å². The fourth-order valence-electron chi connectivity index (χ4n) is 3.96. The average molecular weight is 501 g/mol. The van der Waals surface area contributed by atoms with Crippen LogP contribution in [0.25, 0.3) is 11.3 Å². The smallest absolute Gasteiger partial charge is 0.420 e. The highest BCUT2D eigenvalue weighted by atomic mass is 32.1. The molecule has 0 unspecified atom stereocenters. The van der Waals surface area contributed by atoms with E-state index in [2.05, 4.69) is 10.3 Å². The Morgan fingerprint density at radius 3 is 2.41 bits per heavy atom. The standard InChI is InChI=1S/C24H22F6N2OS/c25-23(26,27)17-8-4-7-16(11-17)20-14-34-22(32-20)31-18-9-10-21(19(12-18)24(28,29)30)33-13-15-5-2-1-3-6-15/h4,7-12,14-15H,1-3,5-6,13H2,(H,31,32). The highest BCUT2D eigenvalue weighted by Gasteiger charge is 2.35. The van der Waals surface area contributed by atoms with Crippen LogP contribution in [0.5, 0.6) is 5.75 Å². The predicted molar refractivity (Wildman–Crippen MR) is 119 cm³/mol. The second kappa shape index (κ2) is 9.85. The zero-order chi connectivity index (χ0) is 24.3. The van der Waals surface area contributed by atoms with Crippen LogP contribution in [0.15, 0.2) is 47.8 Å². The molecule has 2 aromatic carbocycles. The molecule has 3 nitrogen and oxygen atoms in total. The zero-order valence-electron chi connectivity index (χ0n) is 18.0. The normalized spacial score (nSPS) is 15.4. The number of nitrogens with zero attached hydrogens (tertiary/aromatic N) is 1. The van der Waals surface area contributed by atoms with Gasteiger partial charge in [-0.1, -0.05) is 31.4 Å². The minimum Gasteiger partial charge on any atom is -0.493 e. The zero-order valence-corrected chi connectivity index (χ0v) is 18.8. The molecule has 1 heterocycles. The molecule has 0 spiro atoms. The molecular formula is C24H22F6N2OS. The molecule has 0 aliphatic heterocycles. The van der Waals surface area contributed by atoms with E-state index in [1.165, 1.54) is 24.3 Å². The molecule has 1 aliphatic carbocycles. The molecule has 34 heavy (non-hydrogen) atoms. The fourth-order valence-corrected chi connectivity index (χ4v) is 4.70. The van der Waals surface area contributed by atoms with Gasteiger partial charge in [-0.15, -0.1) is 11.3 Å². The molecule has 1 aromatic heterocycles. The van der Waals surface area contributed by atoms with E-state index < -0.39 is 23.5 Å². The minimum atomic E-state index is -4.61. The number of alkyl halides is 6. The molecular weight excluding hydrogens is 478 g/mol. The number of aromatic nitrogens is 1. The lowest BCUT2D eigenvalue weighted by atomic mass is 9.90. The van der Waals surface area contributed by atoms with Crippen molar-refractivity contribution in [3.05, 3.63) is 59.0 Å². The van der Waals surface area contributed by atoms with Gasteiger partial charge in [0, 0.05) is 16.6 Å². The Labute approximate surface area is 196 Å². The van der Waals surface area contributed by atoms with Gasteiger partial charge in [0.25, 0.3) is 0 Å². The van der Waals surface area contributed by atoms with Gasteiger partial charge in [-0.05, 0) is 49.1 Å². The van der Waals surface area contributed by atoms with Crippen LogP contribution in [0, 0.1) is 5.92 Å². The summed E-state index contributed by atoms with van der Waals surface area (Å²) in [7, 11) is 0. The van der Waals surface area contributed by atoms with Gasteiger partial charge in [0.15, 0.2) is 5.13 Å². The summed E-state index contributed by atoms with van der Waals surface area (Å²) in [6.45, 7) is 0.253. The first-order valence-electron chi connectivity index (χ1n) is 10.8. The van der Waals surface area contributed by atoms with Crippen LogP contribution in [0.1, 0.15) is 43.2 Å². The molecule has 1 fully saturated rings. The first-order chi connectivity index (χ1) is 16.1. The lowest BCUT2D eigenvalue weighted by molar-refractivity contribution is -0.139. The molecule has 4 rings (SSSR count). The van der Waals surface area contributed by atoms with E-state index in [0.717, 1.165) is 61.6 Å². The first kappa shape index (κ1) is 24.4. The molecule has 1 aliphatic rings. The SMILES string of the molecule is FC(F)(F)c1cccc(-c2csc(Nc3ccc(OCC4CCCCC4)c(C(F)(F)F)c3)n2)c1. The summed E-state index contributed by atoms with van der Waals surface area (Å²) in [6.07, 6.45) is -3.89. The van der Waals surface area contributed by atoms with E-state index in [0.29, 0.717) is 5.69 Å². The van der Waals surface area contributed by atoms with Gasteiger partial charge in [-0.25, -0.2) is 4.98 Å². The summed E-state index contributed by atoms with van der Waals surface area (Å²) in [4.78, 5) is 4.24. The van der Waals surface area contributed by atoms with Crippen LogP contribution >= 0.6 is 11.3 Å². The summed E-state index contributed by atoms with van der Waals surface area (Å²) in [5, 5.41) is 4.62. The highest BCUT2D eigenvalue weighted by Crippen LogP contribution is 2.40. The first-order valence-corrected chi connectivity index (χ1v) is 11.7. The van der Waals surface area contributed by atoms with Gasteiger partial charge >= 0.3 is 12.4 Å². The van der Waals surface area contributed by atoms with Crippen molar-refractivity contribution in [2.75, 3.05) is 11.9 Å². The number of halogens is 6. The number of anilines is 2. The van der Waals surface area contributed by atoms with Crippen LogP contribution in [0.3, 0.4) is 0 Å². The Balaban J connectivity index is 1.50. The number of ether oxygens (including phenoxy) is 1. The molecule has 1 saturated carbocycles. The Morgan fingerprint density at radius 1 is 0.941 bits per heavy atom. The third-order valence-electron chi connectivity index (χ3n) is 5.73. The van der Waals surface area contributed by atoms with Crippen molar-refractivity contribution < 1.29 is 31.1 Å². The minimum absolute atomic E-state index is 0.155. The summed E-state index contributed by atoms with van der Waals surface area (Å²) in [6, 6.07) is 8.44. The van der Waals surface area contributed by atoms with Crippen LogP contribution in [0.4, 0.5) is 37.2 Å². The molecule has 0 radical (unpaired) electrons. The van der Waals surface area contributed by atoms with Gasteiger partial charge in [0.1, 0.15) is 5.75 Å². The second-order valence-corrected chi connectivity index (χ2v) is 9.12. The van der Waals surface area contributed by atoms with Gasteiger partial charge in [-0.3, -0.25) is 0 Å². The Kier molecular flexibility index (Phi) is 7.06. The lowest BCUT2D eigenvalue weighted by Crippen LogP contribution is -2.17.